The Kier molecular flexibility index (Phi) is 6.16. The Morgan fingerprint density at radius 3 is 2.79 bits per heavy atom. The summed E-state index contributed by atoms with van der Waals surface area (Å²) in [6, 6.07) is 16.1. The number of para-hydroxylation sites is 2. The number of hydrogen-bond donors (Lipinski definition) is 2. The Balaban J connectivity index is 1.41. The summed E-state index contributed by atoms with van der Waals surface area (Å²) in [6.45, 7) is 5.03. The van der Waals surface area contributed by atoms with Crippen LogP contribution in [0.2, 0.25) is 0 Å². The van der Waals surface area contributed by atoms with Crippen molar-refractivity contribution < 1.29 is 4.79 Å². The number of fused-ring (bicyclic) bond motifs is 1. The molecule has 29 heavy (non-hydrogen) atoms. The molecule has 1 saturated heterocycles. The fourth-order valence-corrected chi connectivity index (χ4v) is 5.00. The first-order valence-corrected chi connectivity index (χ1v) is 11.5. The molecule has 0 saturated carbocycles. The number of nitrogens with one attached hydrogen (secondary N) is 2. The highest BCUT2D eigenvalue weighted by molar-refractivity contribution is 8.27. The Morgan fingerprint density at radius 1 is 1.17 bits per heavy atom. The molecule has 2 aromatic carbocycles. The predicted octanol–water partition coefficient (Wildman–Crippen LogP) is 5.22. The summed E-state index contributed by atoms with van der Waals surface area (Å²) < 4.78 is 1.19. The summed E-state index contributed by atoms with van der Waals surface area (Å²) >= 11 is 2.89. The number of aliphatic imine (C=N–C) groups is 1. The molecule has 3 aromatic rings. The topological polar surface area (TPSA) is 66.4 Å². The highest BCUT2D eigenvalue weighted by Crippen LogP contribution is 2.27. The van der Waals surface area contributed by atoms with Gasteiger partial charge < -0.3 is 10.6 Å². The summed E-state index contributed by atoms with van der Waals surface area (Å²) in [5, 5.41) is 8.50. The number of benzene rings is 2. The van der Waals surface area contributed by atoms with Crippen molar-refractivity contribution in [3.8, 4) is 0 Å². The van der Waals surface area contributed by atoms with E-state index in [9.17, 15) is 4.79 Å². The smallest absolute Gasteiger partial charge is 0.218 e. The molecule has 0 radical (unpaired) electrons. The van der Waals surface area contributed by atoms with Gasteiger partial charge in [0, 0.05) is 6.54 Å². The molecule has 2 N–H and O–H groups in total. The van der Waals surface area contributed by atoms with Crippen LogP contribution in [0.4, 0.5) is 10.8 Å². The van der Waals surface area contributed by atoms with Gasteiger partial charge in [-0.25, -0.2) is 9.98 Å². The van der Waals surface area contributed by atoms with Crippen molar-refractivity contribution in [2.75, 3.05) is 11.9 Å². The molecule has 2 heterocycles. The molecule has 1 fully saturated rings. The molecule has 0 amide bonds. The quantitative estimate of drug-likeness (QED) is 0.545. The summed E-state index contributed by atoms with van der Waals surface area (Å²) in [6.07, 6.45) is 1.66. The Hall–Kier alpha value is -2.38. The van der Waals surface area contributed by atoms with Gasteiger partial charge in [0.2, 0.25) is 5.12 Å². The second-order valence-corrected chi connectivity index (χ2v) is 9.48. The van der Waals surface area contributed by atoms with Gasteiger partial charge in [-0.2, -0.15) is 0 Å². The second-order valence-electron chi connectivity index (χ2n) is 7.46. The molecule has 1 aliphatic rings. The van der Waals surface area contributed by atoms with Gasteiger partial charge in [0.15, 0.2) is 10.3 Å². The minimum Gasteiger partial charge on any atom is -0.361 e. The number of carbonyl (C=O) groups excluding carboxylic acids is 1. The minimum absolute atomic E-state index is 0.133. The molecule has 5 nitrogen and oxygen atoms in total. The lowest BCUT2D eigenvalue weighted by atomic mass is 10.1. The molecule has 1 aromatic heterocycles. The maximum Gasteiger partial charge on any atom is 0.218 e. The third-order valence-electron chi connectivity index (χ3n) is 4.66. The van der Waals surface area contributed by atoms with E-state index < -0.39 is 0 Å². The number of aromatic nitrogens is 1. The fraction of sp³-hybridized carbons (Fsp3) is 0.318. The van der Waals surface area contributed by atoms with Crippen LogP contribution in [0.1, 0.15) is 25.8 Å². The SMILES string of the molecule is CC(C)C[C@@H]1N/C(=N\c2ccccc2CCNc2nc3ccccc3s2)SC1=O. The van der Waals surface area contributed by atoms with Gasteiger partial charge in [0.25, 0.3) is 0 Å². The van der Waals surface area contributed by atoms with Crippen LogP contribution >= 0.6 is 23.1 Å². The Morgan fingerprint density at radius 2 is 1.97 bits per heavy atom. The maximum atomic E-state index is 12.2. The molecule has 0 bridgehead atoms. The van der Waals surface area contributed by atoms with Crippen LogP contribution in [-0.4, -0.2) is 27.9 Å². The Bertz CT molecular complexity index is 1010. The lowest BCUT2D eigenvalue weighted by Gasteiger charge is -2.11. The molecule has 1 atom stereocenters. The predicted molar refractivity (Wildman–Crippen MR) is 124 cm³/mol. The van der Waals surface area contributed by atoms with Gasteiger partial charge in [-0.15, -0.1) is 0 Å². The van der Waals surface area contributed by atoms with Crippen LogP contribution in [0.25, 0.3) is 10.2 Å². The van der Waals surface area contributed by atoms with Gasteiger partial charge in [-0.3, -0.25) is 4.79 Å². The fourth-order valence-electron chi connectivity index (χ4n) is 3.28. The van der Waals surface area contributed by atoms with Crippen LogP contribution < -0.4 is 10.6 Å². The number of carbonyl (C=O) groups is 1. The molecule has 0 aliphatic carbocycles. The van der Waals surface area contributed by atoms with E-state index >= 15 is 0 Å². The first-order chi connectivity index (χ1) is 14.1. The van der Waals surface area contributed by atoms with Crippen LogP contribution in [0, 0.1) is 5.92 Å². The summed E-state index contributed by atoms with van der Waals surface area (Å²) in [5.41, 5.74) is 3.08. The summed E-state index contributed by atoms with van der Waals surface area (Å²) in [5.74, 6) is 0.470. The standard InChI is InChI=1S/C22H24N4OS2/c1-14(2)13-18-20(27)29-22(26-18)24-16-8-4-3-7-15(16)11-12-23-21-25-17-9-5-6-10-19(17)28-21/h3-10,14,18H,11-13H2,1-2H3,(H,23,25)(H,24,26)/t18-/m0/s1. The van der Waals surface area contributed by atoms with E-state index in [0.29, 0.717) is 11.1 Å². The third-order valence-corrected chi connectivity index (χ3v) is 6.55. The summed E-state index contributed by atoms with van der Waals surface area (Å²) in [7, 11) is 0. The van der Waals surface area contributed by atoms with Crippen LogP contribution in [0.3, 0.4) is 0 Å². The first-order valence-electron chi connectivity index (χ1n) is 9.83. The Labute approximate surface area is 179 Å². The van der Waals surface area contributed by atoms with Crippen LogP contribution in [-0.2, 0) is 11.2 Å². The number of anilines is 1. The van der Waals surface area contributed by atoms with Crippen molar-refractivity contribution in [3.63, 3.8) is 0 Å². The molecule has 0 spiro atoms. The van der Waals surface area contributed by atoms with E-state index in [4.69, 9.17) is 4.99 Å². The van der Waals surface area contributed by atoms with Crippen molar-refractivity contribution in [3.05, 3.63) is 54.1 Å². The molecule has 0 unspecified atom stereocenters. The van der Waals surface area contributed by atoms with E-state index in [1.807, 2.05) is 36.4 Å². The zero-order valence-electron chi connectivity index (χ0n) is 16.5. The highest BCUT2D eigenvalue weighted by Gasteiger charge is 2.30. The molecule has 7 heteroatoms. The number of nitrogens with zero attached hydrogens (tertiary/aromatic N) is 2. The lowest BCUT2D eigenvalue weighted by molar-refractivity contribution is -0.112. The van der Waals surface area contributed by atoms with Gasteiger partial charge in [0.1, 0.15) is 0 Å². The van der Waals surface area contributed by atoms with E-state index in [0.717, 1.165) is 41.3 Å². The average molecular weight is 425 g/mol. The number of rotatable bonds is 7. The van der Waals surface area contributed by atoms with Gasteiger partial charge in [-0.1, -0.05) is 55.5 Å². The largest absolute Gasteiger partial charge is 0.361 e. The van der Waals surface area contributed by atoms with Gasteiger partial charge in [0.05, 0.1) is 21.9 Å². The third kappa shape index (κ3) is 4.97. The lowest BCUT2D eigenvalue weighted by Crippen LogP contribution is -2.30. The normalized spacial score (nSPS) is 18.0. The zero-order valence-corrected chi connectivity index (χ0v) is 18.1. The summed E-state index contributed by atoms with van der Waals surface area (Å²) in [4.78, 5) is 21.6. The molecule has 4 rings (SSSR count). The molecule has 150 valence electrons. The van der Waals surface area contributed by atoms with Crippen LogP contribution in [0.15, 0.2) is 53.5 Å². The maximum absolute atomic E-state index is 12.2. The van der Waals surface area contributed by atoms with Crippen molar-refractivity contribution >= 4 is 54.4 Å². The molecular weight excluding hydrogens is 400 g/mol. The van der Waals surface area contributed by atoms with Gasteiger partial charge in [-0.05, 0) is 54.3 Å². The van der Waals surface area contributed by atoms with Crippen molar-refractivity contribution in [2.45, 2.75) is 32.7 Å². The van der Waals surface area contributed by atoms with E-state index in [1.54, 1.807) is 11.3 Å². The highest BCUT2D eigenvalue weighted by atomic mass is 32.2. The van der Waals surface area contributed by atoms with E-state index in [-0.39, 0.29) is 11.2 Å². The monoisotopic (exact) mass is 424 g/mol. The van der Waals surface area contributed by atoms with Crippen molar-refractivity contribution in [1.82, 2.24) is 10.3 Å². The number of amidine groups is 1. The molecule has 1 aliphatic heterocycles. The van der Waals surface area contributed by atoms with Crippen LogP contribution in [0.5, 0.6) is 0 Å². The zero-order chi connectivity index (χ0) is 20.2. The minimum atomic E-state index is -0.133. The van der Waals surface area contributed by atoms with Crippen molar-refractivity contribution in [1.29, 1.82) is 0 Å². The first kappa shape index (κ1) is 19.9. The van der Waals surface area contributed by atoms with Gasteiger partial charge >= 0.3 is 0 Å². The second kappa shape index (κ2) is 8.97. The van der Waals surface area contributed by atoms with Crippen molar-refractivity contribution in [2.24, 2.45) is 10.9 Å². The number of thioether (sulfide) groups is 1. The number of hydrogen-bond acceptors (Lipinski definition) is 6. The average Bonchev–Trinajstić information content (AvgIpc) is 3.25. The molecular formula is C22H24N4OS2. The number of thiazole rings is 1. The van der Waals surface area contributed by atoms with E-state index in [1.165, 1.54) is 16.5 Å². The van der Waals surface area contributed by atoms with E-state index in [2.05, 4.69) is 41.6 Å².